The fourth-order valence-electron chi connectivity index (χ4n) is 5.24. The molecule has 8 heteroatoms. The van der Waals surface area contributed by atoms with Crippen molar-refractivity contribution in [2.24, 2.45) is 11.8 Å². The van der Waals surface area contributed by atoms with E-state index < -0.39 is 5.97 Å². The molecule has 0 spiro atoms. The smallest absolute Gasteiger partial charge is 0.306 e. The SMILES string of the molecule is O=C(C[C@H]1CC[C@H](C(=O)O)CC1)N1CCc2c(n(Cc3csc(Cl)c3)c3ncccc23)C1. The van der Waals surface area contributed by atoms with Gasteiger partial charge in [0.05, 0.1) is 23.3 Å². The maximum Gasteiger partial charge on any atom is 0.306 e. The van der Waals surface area contributed by atoms with Crippen LogP contribution in [0, 0.1) is 11.8 Å². The van der Waals surface area contributed by atoms with Crippen LogP contribution >= 0.6 is 22.9 Å². The number of nitrogens with zero attached hydrogens (tertiary/aromatic N) is 3. The van der Waals surface area contributed by atoms with Crippen molar-refractivity contribution < 1.29 is 14.7 Å². The number of halogens is 1. The number of amides is 1. The lowest BCUT2D eigenvalue weighted by molar-refractivity contribution is -0.143. The van der Waals surface area contributed by atoms with E-state index in [0.29, 0.717) is 44.8 Å². The van der Waals surface area contributed by atoms with E-state index in [1.54, 1.807) is 0 Å². The van der Waals surface area contributed by atoms with Crippen molar-refractivity contribution in [3.05, 3.63) is 50.9 Å². The summed E-state index contributed by atoms with van der Waals surface area (Å²) in [4.78, 5) is 31.0. The summed E-state index contributed by atoms with van der Waals surface area (Å²) >= 11 is 7.68. The monoisotopic (exact) mass is 471 g/mol. The Kier molecular flexibility index (Phi) is 5.95. The second kappa shape index (κ2) is 8.87. The molecule has 0 atom stereocenters. The van der Waals surface area contributed by atoms with E-state index in [1.807, 2.05) is 23.2 Å². The minimum atomic E-state index is -0.702. The Hall–Kier alpha value is -2.38. The van der Waals surface area contributed by atoms with Crippen LogP contribution in [0.25, 0.3) is 11.0 Å². The Morgan fingerprint density at radius 1 is 1.25 bits per heavy atom. The number of carbonyl (C=O) groups is 2. The van der Waals surface area contributed by atoms with Crippen molar-refractivity contribution in [3.8, 4) is 0 Å². The van der Waals surface area contributed by atoms with Gasteiger partial charge in [0.2, 0.25) is 5.91 Å². The molecule has 1 aliphatic carbocycles. The molecule has 0 radical (unpaired) electrons. The van der Waals surface area contributed by atoms with Crippen LogP contribution in [-0.4, -0.2) is 38.0 Å². The number of hydrogen-bond donors (Lipinski definition) is 1. The molecular formula is C24H26ClN3O3S. The van der Waals surface area contributed by atoms with Crippen LogP contribution in [0.5, 0.6) is 0 Å². The molecule has 32 heavy (non-hydrogen) atoms. The van der Waals surface area contributed by atoms with Crippen LogP contribution in [0.1, 0.15) is 48.9 Å². The number of hydrogen-bond acceptors (Lipinski definition) is 4. The third-order valence-corrected chi connectivity index (χ3v) is 8.13. The standard InChI is InChI=1S/C24H26ClN3O3S/c25-21-10-16(14-32-21)12-28-20-13-27(9-7-18(20)19-2-1-8-26-23(19)28)22(29)11-15-3-5-17(6-4-15)24(30)31/h1-2,8,10,14-15,17H,3-7,9,11-13H2,(H,30,31)/t15-,17-. The number of aliphatic carboxylic acids is 1. The summed E-state index contributed by atoms with van der Waals surface area (Å²) in [6, 6.07) is 6.09. The van der Waals surface area contributed by atoms with Gasteiger partial charge in [-0.1, -0.05) is 11.6 Å². The van der Waals surface area contributed by atoms with Crippen molar-refractivity contribution in [3.63, 3.8) is 0 Å². The number of thiophene rings is 1. The number of carboxylic acid groups (broad SMARTS) is 1. The Bertz CT molecular complexity index is 1160. The zero-order valence-electron chi connectivity index (χ0n) is 17.8. The van der Waals surface area contributed by atoms with Crippen LogP contribution in [0.4, 0.5) is 0 Å². The number of carbonyl (C=O) groups excluding carboxylic acids is 1. The molecule has 0 saturated heterocycles. The molecular weight excluding hydrogens is 446 g/mol. The highest BCUT2D eigenvalue weighted by atomic mass is 35.5. The molecule has 2 aliphatic rings. The minimum absolute atomic E-state index is 0.178. The Balaban J connectivity index is 1.34. The molecule has 0 unspecified atom stereocenters. The Labute approximate surface area is 195 Å². The van der Waals surface area contributed by atoms with Gasteiger partial charge in [0.15, 0.2) is 0 Å². The number of pyridine rings is 1. The highest BCUT2D eigenvalue weighted by Gasteiger charge is 2.31. The maximum atomic E-state index is 13.1. The Morgan fingerprint density at radius 3 is 2.78 bits per heavy atom. The van der Waals surface area contributed by atoms with Gasteiger partial charge in [0.1, 0.15) is 5.65 Å². The molecule has 1 amide bonds. The highest BCUT2D eigenvalue weighted by Crippen LogP contribution is 2.34. The summed E-state index contributed by atoms with van der Waals surface area (Å²) in [6.45, 7) is 1.99. The number of aromatic nitrogens is 2. The quantitative estimate of drug-likeness (QED) is 0.570. The first-order valence-electron chi connectivity index (χ1n) is 11.2. The molecule has 1 fully saturated rings. The molecule has 6 nitrogen and oxygen atoms in total. The molecule has 1 aliphatic heterocycles. The third kappa shape index (κ3) is 4.16. The van der Waals surface area contributed by atoms with Crippen molar-refractivity contribution in [2.75, 3.05) is 6.54 Å². The van der Waals surface area contributed by atoms with Crippen molar-refractivity contribution in [2.45, 2.75) is 51.6 Å². The second-order valence-corrected chi connectivity index (χ2v) is 10.5. The summed E-state index contributed by atoms with van der Waals surface area (Å²) in [6.07, 6.45) is 6.17. The van der Waals surface area contributed by atoms with E-state index in [-0.39, 0.29) is 11.8 Å². The van der Waals surface area contributed by atoms with E-state index in [0.717, 1.165) is 40.5 Å². The van der Waals surface area contributed by atoms with Crippen molar-refractivity contribution >= 4 is 45.8 Å². The summed E-state index contributed by atoms with van der Waals surface area (Å²) < 4.78 is 3.01. The summed E-state index contributed by atoms with van der Waals surface area (Å²) in [5.41, 5.74) is 4.56. The zero-order valence-corrected chi connectivity index (χ0v) is 19.4. The largest absolute Gasteiger partial charge is 0.481 e. The summed E-state index contributed by atoms with van der Waals surface area (Å²) in [5.74, 6) is -0.475. The van der Waals surface area contributed by atoms with Gasteiger partial charge in [0.25, 0.3) is 0 Å². The third-order valence-electron chi connectivity index (χ3n) is 6.99. The molecule has 168 valence electrons. The normalized spacial score (nSPS) is 21.0. The van der Waals surface area contributed by atoms with Gasteiger partial charge >= 0.3 is 5.97 Å². The molecule has 3 aromatic rings. The predicted molar refractivity (Wildman–Crippen MR) is 125 cm³/mol. The van der Waals surface area contributed by atoms with Crippen LogP contribution in [0.15, 0.2) is 29.8 Å². The first kappa shape index (κ1) is 21.5. The Morgan fingerprint density at radius 2 is 2.06 bits per heavy atom. The maximum absolute atomic E-state index is 13.1. The van der Waals surface area contributed by atoms with Gasteiger partial charge in [-0.3, -0.25) is 9.59 Å². The van der Waals surface area contributed by atoms with Gasteiger partial charge in [-0.15, -0.1) is 11.3 Å². The minimum Gasteiger partial charge on any atom is -0.481 e. The zero-order chi connectivity index (χ0) is 22.2. The molecule has 5 rings (SSSR count). The average molecular weight is 472 g/mol. The van der Waals surface area contributed by atoms with Gasteiger partial charge in [-0.05, 0) is 72.7 Å². The molecule has 0 aromatic carbocycles. The molecule has 1 N–H and O–H groups in total. The summed E-state index contributed by atoms with van der Waals surface area (Å²) in [5, 5.41) is 12.4. The molecule has 4 heterocycles. The van der Waals surface area contributed by atoms with Crippen LogP contribution in [-0.2, 0) is 29.1 Å². The second-order valence-electron chi connectivity index (χ2n) is 8.97. The first-order valence-corrected chi connectivity index (χ1v) is 12.4. The topological polar surface area (TPSA) is 75.4 Å². The molecule has 3 aromatic heterocycles. The number of rotatable bonds is 5. The van der Waals surface area contributed by atoms with E-state index >= 15 is 0 Å². The van der Waals surface area contributed by atoms with Crippen LogP contribution in [0.3, 0.4) is 0 Å². The molecule has 0 bridgehead atoms. The first-order chi connectivity index (χ1) is 15.5. The van der Waals surface area contributed by atoms with Crippen LogP contribution in [0.2, 0.25) is 4.34 Å². The molecule has 1 saturated carbocycles. The van der Waals surface area contributed by atoms with Gasteiger partial charge < -0.3 is 14.6 Å². The fraction of sp³-hybridized carbons (Fsp3) is 0.458. The number of fused-ring (bicyclic) bond motifs is 3. The van der Waals surface area contributed by atoms with E-state index in [9.17, 15) is 14.7 Å². The lowest BCUT2D eigenvalue weighted by atomic mass is 9.80. The lowest BCUT2D eigenvalue weighted by Crippen LogP contribution is -2.38. The predicted octanol–water partition coefficient (Wildman–Crippen LogP) is 4.97. The van der Waals surface area contributed by atoms with Crippen molar-refractivity contribution in [1.82, 2.24) is 14.5 Å². The van der Waals surface area contributed by atoms with Gasteiger partial charge in [0, 0.05) is 30.2 Å². The summed E-state index contributed by atoms with van der Waals surface area (Å²) in [7, 11) is 0. The lowest BCUT2D eigenvalue weighted by Gasteiger charge is -2.31. The number of carboxylic acids is 1. The average Bonchev–Trinajstić information content (AvgIpc) is 3.35. The van der Waals surface area contributed by atoms with Crippen LogP contribution < -0.4 is 0 Å². The van der Waals surface area contributed by atoms with E-state index in [4.69, 9.17) is 11.6 Å². The van der Waals surface area contributed by atoms with E-state index in [2.05, 4.69) is 21.0 Å². The van der Waals surface area contributed by atoms with Gasteiger partial charge in [-0.2, -0.15) is 0 Å². The fourth-order valence-corrected chi connectivity index (χ4v) is 6.14. The van der Waals surface area contributed by atoms with Gasteiger partial charge in [-0.25, -0.2) is 4.98 Å². The van der Waals surface area contributed by atoms with E-state index in [1.165, 1.54) is 22.3 Å². The van der Waals surface area contributed by atoms with Crippen molar-refractivity contribution in [1.29, 1.82) is 0 Å². The highest BCUT2D eigenvalue weighted by molar-refractivity contribution is 7.14.